The zero-order chi connectivity index (χ0) is 14.8. The molecule has 110 valence electrons. The molecule has 0 aliphatic rings. The van der Waals surface area contributed by atoms with Gasteiger partial charge in [-0.3, -0.25) is 4.79 Å². The second kappa shape index (κ2) is 9.09. The maximum Gasteiger partial charge on any atom is 0.330 e. The molecular formula is C15H21NO4. The van der Waals surface area contributed by atoms with Crippen molar-refractivity contribution in [3.05, 3.63) is 35.9 Å². The average Bonchev–Trinajstić information content (AvgIpc) is 2.45. The molecule has 20 heavy (non-hydrogen) atoms. The molecular weight excluding hydrogens is 258 g/mol. The number of aliphatic carboxylic acids is 1. The minimum atomic E-state index is -1.09. The SMILES string of the molecule is CCCCCOCC(=O)N[C@H](C(=O)O)c1ccccc1. The van der Waals surface area contributed by atoms with E-state index in [1.165, 1.54) is 0 Å². The number of ether oxygens (including phenoxy) is 1. The molecule has 0 saturated carbocycles. The van der Waals surface area contributed by atoms with Crippen LogP contribution in [0.1, 0.15) is 37.8 Å². The van der Waals surface area contributed by atoms with E-state index >= 15 is 0 Å². The van der Waals surface area contributed by atoms with E-state index in [9.17, 15) is 9.59 Å². The lowest BCUT2D eigenvalue weighted by molar-refractivity contribution is -0.142. The highest BCUT2D eigenvalue weighted by Gasteiger charge is 2.21. The first kappa shape index (κ1) is 16.2. The Labute approximate surface area is 118 Å². The number of hydrogen-bond donors (Lipinski definition) is 2. The molecule has 0 bridgehead atoms. The summed E-state index contributed by atoms with van der Waals surface area (Å²) in [6, 6.07) is 7.56. The smallest absolute Gasteiger partial charge is 0.330 e. The van der Waals surface area contributed by atoms with E-state index in [0.29, 0.717) is 12.2 Å². The lowest BCUT2D eigenvalue weighted by Crippen LogP contribution is -2.36. The van der Waals surface area contributed by atoms with Crippen LogP contribution in [0.25, 0.3) is 0 Å². The minimum absolute atomic E-state index is 0.111. The van der Waals surface area contributed by atoms with Gasteiger partial charge in [-0.05, 0) is 12.0 Å². The first-order valence-electron chi connectivity index (χ1n) is 6.80. The molecule has 1 amide bonds. The van der Waals surface area contributed by atoms with Crippen LogP contribution in [-0.2, 0) is 14.3 Å². The summed E-state index contributed by atoms with van der Waals surface area (Å²) in [5.74, 6) is -1.51. The Morgan fingerprint density at radius 2 is 1.95 bits per heavy atom. The van der Waals surface area contributed by atoms with Crippen molar-refractivity contribution in [2.45, 2.75) is 32.2 Å². The van der Waals surface area contributed by atoms with Gasteiger partial charge in [0.05, 0.1) is 0 Å². The van der Waals surface area contributed by atoms with Crippen LogP contribution in [-0.4, -0.2) is 30.2 Å². The molecule has 2 N–H and O–H groups in total. The van der Waals surface area contributed by atoms with Crippen molar-refractivity contribution >= 4 is 11.9 Å². The van der Waals surface area contributed by atoms with Crippen molar-refractivity contribution in [3.63, 3.8) is 0 Å². The molecule has 1 atom stereocenters. The van der Waals surface area contributed by atoms with Crippen molar-refractivity contribution in [2.24, 2.45) is 0 Å². The fourth-order valence-corrected chi connectivity index (χ4v) is 1.75. The van der Waals surface area contributed by atoms with E-state index in [-0.39, 0.29) is 6.61 Å². The summed E-state index contributed by atoms with van der Waals surface area (Å²) in [7, 11) is 0. The van der Waals surface area contributed by atoms with Gasteiger partial charge in [0, 0.05) is 6.61 Å². The Hall–Kier alpha value is -1.88. The summed E-state index contributed by atoms with van der Waals surface area (Å²) in [5, 5.41) is 11.6. The van der Waals surface area contributed by atoms with Crippen molar-refractivity contribution in [1.82, 2.24) is 5.32 Å². The zero-order valence-electron chi connectivity index (χ0n) is 11.7. The van der Waals surface area contributed by atoms with Gasteiger partial charge in [0.1, 0.15) is 6.61 Å². The predicted octanol–water partition coefficient (Wildman–Crippen LogP) is 2.14. The molecule has 5 nitrogen and oxygen atoms in total. The molecule has 0 radical (unpaired) electrons. The van der Waals surface area contributed by atoms with E-state index in [4.69, 9.17) is 9.84 Å². The summed E-state index contributed by atoms with van der Waals surface area (Å²) >= 11 is 0. The van der Waals surface area contributed by atoms with Crippen LogP contribution in [0.3, 0.4) is 0 Å². The van der Waals surface area contributed by atoms with Gasteiger partial charge < -0.3 is 15.2 Å². The fourth-order valence-electron chi connectivity index (χ4n) is 1.75. The van der Waals surface area contributed by atoms with Crippen LogP contribution in [0.5, 0.6) is 0 Å². The van der Waals surface area contributed by atoms with Gasteiger partial charge in [-0.2, -0.15) is 0 Å². The highest BCUT2D eigenvalue weighted by Crippen LogP contribution is 2.12. The third kappa shape index (κ3) is 5.84. The highest BCUT2D eigenvalue weighted by atomic mass is 16.5. The molecule has 0 fully saturated rings. The molecule has 0 unspecified atom stereocenters. The van der Waals surface area contributed by atoms with Crippen LogP contribution in [0.4, 0.5) is 0 Å². The second-order valence-electron chi connectivity index (χ2n) is 4.51. The van der Waals surface area contributed by atoms with E-state index in [2.05, 4.69) is 12.2 Å². The predicted molar refractivity (Wildman–Crippen MR) is 75.3 cm³/mol. The third-order valence-electron chi connectivity index (χ3n) is 2.81. The molecule has 1 aromatic carbocycles. The monoisotopic (exact) mass is 279 g/mol. The van der Waals surface area contributed by atoms with Gasteiger partial charge in [0.15, 0.2) is 6.04 Å². The first-order chi connectivity index (χ1) is 9.65. The summed E-state index contributed by atoms with van der Waals surface area (Å²) < 4.78 is 5.21. The molecule has 0 saturated heterocycles. The van der Waals surface area contributed by atoms with Crippen LogP contribution in [0.2, 0.25) is 0 Å². The number of carboxylic acids is 1. The van der Waals surface area contributed by atoms with E-state index < -0.39 is 17.9 Å². The largest absolute Gasteiger partial charge is 0.479 e. The van der Waals surface area contributed by atoms with Crippen LogP contribution in [0, 0.1) is 0 Å². The van der Waals surface area contributed by atoms with E-state index in [1.54, 1.807) is 30.3 Å². The fraction of sp³-hybridized carbons (Fsp3) is 0.467. The van der Waals surface area contributed by atoms with E-state index in [1.807, 2.05) is 0 Å². The number of carbonyl (C=O) groups excluding carboxylic acids is 1. The Morgan fingerprint density at radius 3 is 2.55 bits per heavy atom. The van der Waals surface area contributed by atoms with Gasteiger partial charge in [0.25, 0.3) is 0 Å². The highest BCUT2D eigenvalue weighted by molar-refractivity contribution is 5.85. The number of rotatable bonds is 9. The van der Waals surface area contributed by atoms with Crippen molar-refractivity contribution in [1.29, 1.82) is 0 Å². The second-order valence-corrected chi connectivity index (χ2v) is 4.51. The molecule has 0 heterocycles. The molecule has 0 spiro atoms. The topological polar surface area (TPSA) is 75.6 Å². The summed E-state index contributed by atoms with van der Waals surface area (Å²) in [6.07, 6.45) is 3.05. The molecule has 1 rings (SSSR count). The average molecular weight is 279 g/mol. The Kier molecular flexibility index (Phi) is 7.35. The maximum atomic E-state index is 11.7. The Bertz CT molecular complexity index is 419. The van der Waals surface area contributed by atoms with Crippen LogP contribution < -0.4 is 5.32 Å². The van der Waals surface area contributed by atoms with Crippen molar-refractivity contribution < 1.29 is 19.4 Å². The lowest BCUT2D eigenvalue weighted by atomic mass is 10.1. The number of carboxylic acid groups (broad SMARTS) is 1. The first-order valence-corrected chi connectivity index (χ1v) is 6.80. The number of benzene rings is 1. The molecule has 0 aromatic heterocycles. The van der Waals surface area contributed by atoms with Gasteiger partial charge in [-0.25, -0.2) is 4.79 Å². The number of amides is 1. The number of unbranched alkanes of at least 4 members (excludes halogenated alkanes) is 2. The normalized spacial score (nSPS) is 11.8. The molecule has 0 aliphatic carbocycles. The Balaban J connectivity index is 2.43. The molecule has 0 aliphatic heterocycles. The maximum absolute atomic E-state index is 11.7. The van der Waals surface area contributed by atoms with E-state index in [0.717, 1.165) is 19.3 Å². The van der Waals surface area contributed by atoms with Gasteiger partial charge in [0.2, 0.25) is 5.91 Å². The third-order valence-corrected chi connectivity index (χ3v) is 2.81. The van der Waals surface area contributed by atoms with Crippen LogP contribution >= 0.6 is 0 Å². The van der Waals surface area contributed by atoms with Gasteiger partial charge in [-0.15, -0.1) is 0 Å². The van der Waals surface area contributed by atoms with Gasteiger partial charge in [-0.1, -0.05) is 50.1 Å². The van der Waals surface area contributed by atoms with Crippen LogP contribution in [0.15, 0.2) is 30.3 Å². The molecule has 5 heteroatoms. The quantitative estimate of drug-likeness (QED) is 0.679. The lowest BCUT2D eigenvalue weighted by Gasteiger charge is -2.14. The summed E-state index contributed by atoms with van der Waals surface area (Å²) in [6.45, 7) is 2.49. The number of nitrogens with one attached hydrogen (secondary N) is 1. The Morgan fingerprint density at radius 1 is 1.25 bits per heavy atom. The number of carbonyl (C=O) groups is 2. The van der Waals surface area contributed by atoms with Crippen molar-refractivity contribution in [2.75, 3.05) is 13.2 Å². The van der Waals surface area contributed by atoms with Gasteiger partial charge >= 0.3 is 5.97 Å². The standard InChI is InChI=1S/C15H21NO4/c1-2-3-7-10-20-11-13(17)16-14(15(18)19)12-8-5-4-6-9-12/h4-6,8-9,14H,2-3,7,10-11H2,1H3,(H,16,17)(H,18,19)/t14-/m0/s1. The zero-order valence-corrected chi connectivity index (χ0v) is 11.7. The summed E-state index contributed by atoms with van der Waals surface area (Å²) in [5.41, 5.74) is 0.541. The summed E-state index contributed by atoms with van der Waals surface area (Å²) in [4.78, 5) is 22.9. The number of hydrogen-bond acceptors (Lipinski definition) is 3. The van der Waals surface area contributed by atoms with Crippen molar-refractivity contribution in [3.8, 4) is 0 Å². The minimum Gasteiger partial charge on any atom is -0.479 e. The molecule has 1 aromatic rings.